The first-order valence-electron chi connectivity index (χ1n) is 10.9. The fraction of sp³-hybridized carbons (Fsp3) is 1.00. The van der Waals surface area contributed by atoms with E-state index in [1.807, 2.05) is 0 Å². The third-order valence-electron chi connectivity index (χ3n) is 4.27. The van der Waals surface area contributed by atoms with E-state index < -0.39 is 0 Å². The van der Waals surface area contributed by atoms with Crippen LogP contribution in [-0.2, 0) is 0 Å². The van der Waals surface area contributed by atoms with Gasteiger partial charge >= 0.3 is 0 Å². The Kier molecular flexibility index (Phi) is 41.5. The van der Waals surface area contributed by atoms with Gasteiger partial charge in [-0.05, 0) is 87.9 Å². The predicted molar refractivity (Wildman–Crippen MR) is 238 cm³/mol. The molecule has 0 heterocycles. The predicted octanol–water partition coefficient (Wildman–Crippen LogP) is 13.7. The average Bonchev–Trinajstić information content (AvgIpc) is 2.78. The Hall–Kier alpha value is 8.60. The van der Waals surface area contributed by atoms with Crippen molar-refractivity contribution >= 4 is 164 Å². The van der Waals surface area contributed by atoms with E-state index in [-0.39, 0.29) is 29.2 Å². The van der Waals surface area contributed by atoms with Crippen LogP contribution in [0.2, 0.25) is 0 Å². The normalized spacial score (nSPS) is 18.5. The molecule has 0 aliphatic rings. The Bertz CT molecular complexity index is 378. The van der Waals surface area contributed by atoms with Crippen molar-refractivity contribution in [2.75, 3.05) is 73.9 Å². The van der Waals surface area contributed by atoms with Gasteiger partial charge in [0.1, 0.15) is 0 Å². The van der Waals surface area contributed by atoms with Gasteiger partial charge in [-0.3, -0.25) is 0 Å². The van der Waals surface area contributed by atoms with Crippen molar-refractivity contribution in [2.24, 2.45) is 0 Å². The van der Waals surface area contributed by atoms with E-state index in [1.54, 1.807) is 11.8 Å². The molecule has 0 saturated heterocycles. The number of hydrogen-bond donors (Lipinski definition) is 0. The monoisotopic (exact) mass is 840 g/mol. The van der Waals surface area contributed by atoms with E-state index in [4.69, 9.17) is 0 Å². The molecular formula is C14H52P20. The maximum absolute atomic E-state index is 3.10. The van der Waals surface area contributed by atoms with Crippen molar-refractivity contribution in [3.63, 3.8) is 0 Å². The molecule has 0 bridgehead atoms. The van der Waals surface area contributed by atoms with Crippen molar-refractivity contribution < 1.29 is 0 Å². The summed E-state index contributed by atoms with van der Waals surface area (Å²) in [5, 5.41) is 0. The van der Waals surface area contributed by atoms with Gasteiger partial charge in [0.05, 0.1) is 0 Å². The third-order valence-corrected chi connectivity index (χ3v) is 58.1. The molecule has 0 aliphatic heterocycles. The molecule has 0 spiro atoms. The van der Waals surface area contributed by atoms with Gasteiger partial charge in [0.25, 0.3) is 0 Å². The maximum atomic E-state index is 3.10. The molecule has 0 fully saturated rings. The molecule has 208 valence electrons. The van der Waals surface area contributed by atoms with Gasteiger partial charge in [0, 0.05) is 0 Å². The van der Waals surface area contributed by atoms with Crippen molar-refractivity contribution in [1.82, 2.24) is 0 Å². The lowest BCUT2D eigenvalue weighted by Crippen LogP contribution is -1.88. The lowest BCUT2D eigenvalue weighted by atomic mass is 11.0. The molecule has 0 aromatic rings. The van der Waals surface area contributed by atoms with Gasteiger partial charge in [-0.1, -0.05) is 75.4 Å². The van der Waals surface area contributed by atoms with E-state index in [0.29, 0.717) is 30.4 Å². The molecule has 0 nitrogen and oxygen atoms in total. The first-order valence-corrected chi connectivity index (χ1v) is 45.6. The van der Waals surface area contributed by atoms with Crippen LogP contribution in [0.15, 0.2) is 0 Å². The van der Waals surface area contributed by atoms with Gasteiger partial charge in [-0.25, -0.2) is 0 Å². The molecule has 0 rings (SSSR count). The molecule has 0 radical (unpaired) electrons. The van der Waals surface area contributed by atoms with E-state index in [0.717, 1.165) is 15.9 Å². The highest BCUT2D eigenvalue weighted by Crippen LogP contribution is 2.84. The summed E-state index contributed by atoms with van der Waals surface area (Å²) in [5.74, 6) is 6.10. The van der Waals surface area contributed by atoms with Gasteiger partial charge in [-0.2, -0.15) is 0 Å². The van der Waals surface area contributed by atoms with Crippen molar-refractivity contribution in [2.45, 2.75) is 13.8 Å². The minimum Gasteiger partial charge on any atom is -0.117 e. The fourth-order valence-corrected chi connectivity index (χ4v) is 56.7. The fourth-order valence-electron chi connectivity index (χ4n) is 2.30. The highest BCUT2D eigenvalue weighted by molar-refractivity contribution is 8.74. The van der Waals surface area contributed by atoms with Crippen LogP contribution in [0.25, 0.3) is 0 Å². The molecular weight excluding hydrogens is 788 g/mol. The van der Waals surface area contributed by atoms with Crippen molar-refractivity contribution in [3.05, 3.63) is 0 Å². The number of rotatable bonds is 20. The van der Waals surface area contributed by atoms with E-state index in [9.17, 15) is 0 Å². The third kappa shape index (κ3) is 29.3. The average molecular weight is 840 g/mol. The summed E-state index contributed by atoms with van der Waals surface area (Å²) in [5.41, 5.74) is 0. The summed E-state index contributed by atoms with van der Waals surface area (Å²) >= 11 is 0. The molecule has 0 saturated carbocycles. The summed E-state index contributed by atoms with van der Waals surface area (Å²) in [4.78, 5) is 0. The second kappa shape index (κ2) is 31.6. The summed E-state index contributed by atoms with van der Waals surface area (Å²) in [6.07, 6.45) is 8.94. The summed E-state index contributed by atoms with van der Waals surface area (Å²) in [6, 6.07) is 0. The molecule has 20 heteroatoms. The molecule has 0 aromatic heterocycles. The van der Waals surface area contributed by atoms with Crippen LogP contribution in [-0.4, -0.2) is 73.9 Å². The molecule has 34 heavy (non-hydrogen) atoms. The molecule has 0 aliphatic carbocycles. The molecule has 18 atom stereocenters. The lowest BCUT2D eigenvalue weighted by Gasteiger charge is -2.26. The Morgan fingerprint density at radius 2 is 0.912 bits per heavy atom. The Morgan fingerprint density at radius 3 is 1.12 bits per heavy atom. The Balaban J connectivity index is 0. The molecule has 18 unspecified atom stereocenters. The smallest absolute Gasteiger partial charge is 0.00364 e. The highest BCUT2D eigenvalue weighted by Gasteiger charge is 2.17. The van der Waals surface area contributed by atoms with Gasteiger partial charge in [0.2, 0.25) is 0 Å². The molecule has 0 amide bonds. The standard InChI is InChI=1S/2C7H26P10/c2*1-3-15(13-8)7-16(17(10)11)5-4-12-6-14(2)9/h2*12-13H,3-11H2,1-2H3. The minimum absolute atomic E-state index is 0.174. The largest absolute Gasteiger partial charge is 0.117 e. The Morgan fingerprint density at radius 1 is 0.588 bits per heavy atom. The summed E-state index contributed by atoms with van der Waals surface area (Å²) in [6.45, 7) is 9.86. The van der Waals surface area contributed by atoms with Gasteiger partial charge in [-0.15, -0.1) is 88.6 Å². The van der Waals surface area contributed by atoms with Crippen LogP contribution in [0.3, 0.4) is 0 Å². The highest BCUT2D eigenvalue weighted by atomic mass is 32.7. The number of hydrogen-bond acceptors (Lipinski definition) is 0. The van der Waals surface area contributed by atoms with Gasteiger partial charge in [0.15, 0.2) is 0 Å². The zero-order valence-electron chi connectivity index (χ0n) is 21.3. The Labute approximate surface area is 250 Å². The van der Waals surface area contributed by atoms with E-state index in [2.05, 4.69) is 98.6 Å². The topological polar surface area (TPSA) is 0 Å². The van der Waals surface area contributed by atoms with Crippen LogP contribution in [0.1, 0.15) is 13.8 Å². The SMILES string of the molecule is CCP(CP(CCPCP(C)P)P(P)P)PP.CCP(CP(CCPCP(C)P)P(P)P)PP. The van der Waals surface area contributed by atoms with Crippen LogP contribution in [0.5, 0.6) is 0 Å². The van der Waals surface area contributed by atoms with Gasteiger partial charge < -0.3 is 0 Å². The zero-order chi connectivity index (χ0) is 26.5. The minimum atomic E-state index is 0.174. The summed E-state index contributed by atoms with van der Waals surface area (Å²) in [7, 11) is 30.9. The quantitative estimate of drug-likeness (QED) is 0.0846. The van der Waals surface area contributed by atoms with Crippen LogP contribution in [0, 0.1) is 0 Å². The van der Waals surface area contributed by atoms with Crippen LogP contribution < -0.4 is 0 Å². The molecule has 0 N–H and O–H groups in total. The second-order valence-electron chi connectivity index (χ2n) is 7.30. The van der Waals surface area contributed by atoms with E-state index >= 15 is 0 Å². The second-order valence-corrected chi connectivity index (χ2v) is 62.4. The maximum Gasteiger partial charge on any atom is -0.00364 e. The first-order chi connectivity index (χ1) is 16.0. The van der Waals surface area contributed by atoms with E-state index in [1.165, 1.54) is 65.9 Å². The zero-order valence-corrected chi connectivity index (χ0v) is 41.7. The lowest BCUT2D eigenvalue weighted by molar-refractivity contribution is 1.50. The van der Waals surface area contributed by atoms with Crippen LogP contribution in [0.4, 0.5) is 0 Å². The van der Waals surface area contributed by atoms with Crippen molar-refractivity contribution in [3.8, 4) is 0 Å². The summed E-state index contributed by atoms with van der Waals surface area (Å²) < 4.78 is 0. The molecule has 0 aromatic carbocycles. The van der Waals surface area contributed by atoms with Crippen LogP contribution >= 0.6 is 164 Å². The van der Waals surface area contributed by atoms with Crippen molar-refractivity contribution in [1.29, 1.82) is 0 Å². The first kappa shape index (κ1) is 44.7.